The van der Waals surface area contributed by atoms with Crippen molar-refractivity contribution in [3.8, 4) is 0 Å². The summed E-state index contributed by atoms with van der Waals surface area (Å²) in [6.45, 7) is 0. The van der Waals surface area contributed by atoms with Gasteiger partial charge in [0.15, 0.2) is 0 Å². The van der Waals surface area contributed by atoms with E-state index in [4.69, 9.17) is 4.74 Å². The Labute approximate surface area is 205 Å². The second-order valence-electron chi connectivity index (χ2n) is 13.0. The highest BCUT2D eigenvalue weighted by atomic mass is 16.5. The lowest BCUT2D eigenvalue weighted by Gasteiger charge is -2.48. The summed E-state index contributed by atoms with van der Waals surface area (Å²) >= 11 is 0. The van der Waals surface area contributed by atoms with E-state index >= 15 is 0 Å². The van der Waals surface area contributed by atoms with Gasteiger partial charge in [0.2, 0.25) is 0 Å². The minimum atomic E-state index is 0.537. The molecule has 1 heterocycles. The summed E-state index contributed by atoms with van der Waals surface area (Å²) in [6, 6.07) is 2.40. The van der Waals surface area contributed by atoms with Crippen LogP contribution in [0.1, 0.15) is 89.9 Å². The Balaban J connectivity index is 1.40. The molecule has 192 valence electrons. The molecule has 0 aromatic heterocycles. The summed E-state index contributed by atoms with van der Waals surface area (Å²) in [5.41, 5.74) is 0. The quantitative estimate of drug-likeness (QED) is 0.519. The molecule has 0 bridgehead atoms. The summed E-state index contributed by atoms with van der Waals surface area (Å²) in [5, 5.41) is 0. The maximum absolute atomic E-state index is 7.10. The molecule has 0 amide bonds. The topological polar surface area (TPSA) is 19.0 Å². The fourth-order valence-corrected chi connectivity index (χ4v) is 8.09. The van der Waals surface area contributed by atoms with E-state index in [2.05, 4.69) is 57.0 Å². The van der Waals surface area contributed by atoms with Gasteiger partial charge in [-0.3, -0.25) is 0 Å². The van der Waals surface area contributed by atoms with Gasteiger partial charge in [-0.05, 0) is 156 Å². The average Bonchev–Trinajstić information content (AvgIpc) is 2.84. The predicted octanol–water partition coefficient (Wildman–Crippen LogP) is 5.51. The minimum absolute atomic E-state index is 0.537. The molecule has 1 saturated heterocycles. The van der Waals surface area contributed by atoms with E-state index in [0.717, 1.165) is 41.8 Å². The first kappa shape index (κ1) is 25.9. The SMILES string of the molecule is CN(C)C1CCC(C2CC(C3CCC(N(C)C)CC3)OC(C3CCC(N(C)C)CC3)C2)CC1. The first-order chi connectivity index (χ1) is 15.8. The van der Waals surface area contributed by atoms with Crippen LogP contribution in [0.25, 0.3) is 0 Å². The molecule has 2 atom stereocenters. The van der Waals surface area contributed by atoms with Gasteiger partial charge < -0.3 is 19.4 Å². The first-order valence-electron chi connectivity index (χ1n) is 14.5. The van der Waals surface area contributed by atoms with E-state index < -0.39 is 0 Å². The number of ether oxygens (including phenoxy) is 1. The van der Waals surface area contributed by atoms with Crippen LogP contribution in [0.5, 0.6) is 0 Å². The Hall–Kier alpha value is -0.160. The van der Waals surface area contributed by atoms with Crippen LogP contribution in [0.4, 0.5) is 0 Å². The second-order valence-corrected chi connectivity index (χ2v) is 13.0. The molecule has 3 saturated carbocycles. The summed E-state index contributed by atoms with van der Waals surface area (Å²) in [7, 11) is 13.6. The van der Waals surface area contributed by atoms with Crippen LogP contribution in [0, 0.1) is 23.7 Å². The largest absolute Gasteiger partial charge is 0.374 e. The molecule has 4 aliphatic rings. The van der Waals surface area contributed by atoms with E-state index in [1.54, 1.807) is 0 Å². The van der Waals surface area contributed by atoms with Crippen LogP contribution in [-0.4, -0.2) is 87.3 Å². The first-order valence-corrected chi connectivity index (χ1v) is 14.5. The molecule has 4 rings (SSSR count). The van der Waals surface area contributed by atoms with Crippen molar-refractivity contribution in [3.63, 3.8) is 0 Å². The molecule has 4 nitrogen and oxygen atoms in total. The zero-order valence-electron chi connectivity index (χ0n) is 22.8. The van der Waals surface area contributed by atoms with Crippen LogP contribution in [-0.2, 0) is 4.74 Å². The van der Waals surface area contributed by atoms with E-state index in [1.807, 2.05) is 0 Å². The third-order valence-corrected chi connectivity index (χ3v) is 10.6. The lowest BCUT2D eigenvalue weighted by atomic mass is 9.68. The van der Waals surface area contributed by atoms with Crippen molar-refractivity contribution < 1.29 is 4.74 Å². The molecule has 4 fully saturated rings. The van der Waals surface area contributed by atoms with Crippen molar-refractivity contribution in [2.45, 2.75) is 120 Å². The zero-order valence-corrected chi connectivity index (χ0v) is 22.8. The Morgan fingerprint density at radius 1 is 0.394 bits per heavy atom. The van der Waals surface area contributed by atoms with Crippen LogP contribution in [0.3, 0.4) is 0 Å². The maximum atomic E-state index is 7.10. The number of nitrogens with zero attached hydrogens (tertiary/aromatic N) is 3. The van der Waals surface area contributed by atoms with Gasteiger partial charge in [-0.15, -0.1) is 0 Å². The van der Waals surface area contributed by atoms with Crippen molar-refractivity contribution in [1.82, 2.24) is 14.7 Å². The molecular weight excluding hydrogens is 406 g/mol. The fraction of sp³-hybridized carbons (Fsp3) is 1.00. The highest BCUT2D eigenvalue weighted by Gasteiger charge is 2.42. The molecule has 2 unspecified atom stereocenters. The number of rotatable bonds is 6. The van der Waals surface area contributed by atoms with E-state index in [-0.39, 0.29) is 0 Å². The normalized spacial score (nSPS) is 43.4. The Kier molecular flexibility index (Phi) is 9.20. The van der Waals surface area contributed by atoms with Gasteiger partial charge in [0.25, 0.3) is 0 Å². The molecule has 0 radical (unpaired) electrons. The van der Waals surface area contributed by atoms with Gasteiger partial charge in [0.05, 0.1) is 12.2 Å². The van der Waals surface area contributed by atoms with Crippen molar-refractivity contribution in [2.75, 3.05) is 42.3 Å². The van der Waals surface area contributed by atoms with Crippen molar-refractivity contribution in [2.24, 2.45) is 23.7 Å². The minimum Gasteiger partial charge on any atom is -0.374 e. The molecule has 1 aliphatic heterocycles. The fourth-order valence-electron chi connectivity index (χ4n) is 8.09. The van der Waals surface area contributed by atoms with Crippen LogP contribution in [0.2, 0.25) is 0 Å². The average molecular weight is 462 g/mol. The molecule has 0 spiro atoms. The smallest absolute Gasteiger partial charge is 0.0610 e. The molecule has 0 aromatic rings. The Bertz CT molecular complexity index is 483. The maximum Gasteiger partial charge on any atom is 0.0610 e. The molecule has 4 heteroatoms. The summed E-state index contributed by atoms with van der Waals surface area (Å²) < 4.78 is 7.10. The number of hydrogen-bond acceptors (Lipinski definition) is 4. The van der Waals surface area contributed by atoms with E-state index in [1.165, 1.54) is 89.9 Å². The zero-order chi connectivity index (χ0) is 23.5. The monoisotopic (exact) mass is 461 g/mol. The summed E-state index contributed by atoms with van der Waals surface area (Å²) in [5.74, 6) is 3.48. The summed E-state index contributed by atoms with van der Waals surface area (Å²) in [6.07, 6.45) is 20.5. The van der Waals surface area contributed by atoms with Crippen LogP contribution in [0.15, 0.2) is 0 Å². The summed E-state index contributed by atoms with van der Waals surface area (Å²) in [4.78, 5) is 7.38. The highest BCUT2D eigenvalue weighted by Crippen LogP contribution is 2.46. The Morgan fingerprint density at radius 3 is 1.00 bits per heavy atom. The third kappa shape index (κ3) is 6.54. The molecular formula is C29H55N3O. The third-order valence-electron chi connectivity index (χ3n) is 10.6. The number of hydrogen-bond donors (Lipinski definition) is 0. The standard InChI is InChI=1S/C29H55N3O/c1-30(2)25-13-7-21(8-14-25)24-19-28(22-9-15-26(16-10-22)31(3)4)33-29(20-24)23-11-17-27(18-12-23)32(5)6/h21-29H,7-20H2,1-6H3. The lowest BCUT2D eigenvalue weighted by Crippen LogP contribution is -2.46. The molecule has 33 heavy (non-hydrogen) atoms. The van der Waals surface area contributed by atoms with E-state index in [0.29, 0.717) is 12.2 Å². The van der Waals surface area contributed by atoms with Gasteiger partial charge in [0.1, 0.15) is 0 Å². The molecule has 0 N–H and O–H groups in total. The van der Waals surface area contributed by atoms with Crippen molar-refractivity contribution in [1.29, 1.82) is 0 Å². The molecule has 3 aliphatic carbocycles. The second kappa shape index (κ2) is 11.7. The lowest BCUT2D eigenvalue weighted by molar-refractivity contribution is -0.140. The van der Waals surface area contributed by atoms with Crippen LogP contribution < -0.4 is 0 Å². The van der Waals surface area contributed by atoms with Gasteiger partial charge in [-0.2, -0.15) is 0 Å². The van der Waals surface area contributed by atoms with Crippen LogP contribution >= 0.6 is 0 Å². The Morgan fingerprint density at radius 2 is 0.697 bits per heavy atom. The van der Waals surface area contributed by atoms with Crippen molar-refractivity contribution >= 4 is 0 Å². The van der Waals surface area contributed by atoms with Gasteiger partial charge in [-0.1, -0.05) is 0 Å². The van der Waals surface area contributed by atoms with Gasteiger partial charge in [-0.25, -0.2) is 0 Å². The van der Waals surface area contributed by atoms with Crippen molar-refractivity contribution in [3.05, 3.63) is 0 Å². The highest BCUT2D eigenvalue weighted by molar-refractivity contribution is 4.93. The van der Waals surface area contributed by atoms with Gasteiger partial charge in [0, 0.05) is 18.1 Å². The van der Waals surface area contributed by atoms with E-state index in [9.17, 15) is 0 Å². The predicted molar refractivity (Wildman–Crippen MR) is 140 cm³/mol. The van der Waals surface area contributed by atoms with Gasteiger partial charge >= 0.3 is 0 Å². The molecule has 0 aromatic carbocycles.